The number of carbonyl (C=O) groups excluding carboxylic acids is 5. The van der Waals surface area contributed by atoms with Gasteiger partial charge in [0, 0.05) is 34.6 Å². The fraction of sp³-hybridized carbons (Fsp3) is 0.276. The fourth-order valence-electron chi connectivity index (χ4n) is 7.67. The van der Waals surface area contributed by atoms with Gasteiger partial charge >= 0.3 is 0 Å². The maximum atomic E-state index is 14.1. The van der Waals surface area contributed by atoms with Gasteiger partial charge in [-0.25, -0.2) is 0 Å². The van der Waals surface area contributed by atoms with E-state index in [9.17, 15) is 44.4 Å². The predicted molar refractivity (Wildman–Crippen MR) is 129 cm³/mol. The summed E-state index contributed by atoms with van der Waals surface area (Å²) in [6.45, 7) is 3.25. The first kappa shape index (κ1) is 22.8. The van der Waals surface area contributed by atoms with Gasteiger partial charge in [0.2, 0.25) is 0 Å². The van der Waals surface area contributed by atoms with Crippen molar-refractivity contribution in [1.29, 1.82) is 0 Å². The molecule has 7 rings (SSSR count). The molecule has 2 aromatic carbocycles. The molecule has 0 aliphatic heterocycles. The Balaban J connectivity index is 1.58. The molecule has 2 fully saturated rings. The van der Waals surface area contributed by atoms with E-state index in [0.29, 0.717) is 11.1 Å². The average molecular weight is 512 g/mol. The molecule has 2 bridgehead atoms. The van der Waals surface area contributed by atoms with Crippen LogP contribution in [0.15, 0.2) is 41.0 Å². The molecule has 1 spiro atoms. The number of aliphatic hydroxyl groups excluding tert-OH is 2. The number of aliphatic hydroxyl groups is 2. The van der Waals surface area contributed by atoms with Crippen LogP contribution < -0.4 is 0 Å². The van der Waals surface area contributed by atoms with Crippen LogP contribution in [0.3, 0.4) is 0 Å². The van der Waals surface area contributed by atoms with Crippen molar-refractivity contribution in [2.45, 2.75) is 26.4 Å². The number of hydrogen-bond donors (Lipinski definition) is 4. The van der Waals surface area contributed by atoms with Crippen molar-refractivity contribution >= 4 is 34.7 Å². The minimum absolute atomic E-state index is 0.0904. The largest absolute Gasteiger partial charge is 0.507 e. The van der Waals surface area contributed by atoms with Crippen LogP contribution in [0.1, 0.15) is 54.2 Å². The summed E-state index contributed by atoms with van der Waals surface area (Å²) in [6, 6.07) is 5.46. The van der Waals surface area contributed by atoms with E-state index in [4.69, 9.17) is 0 Å². The molecule has 0 unspecified atom stereocenters. The number of phenols is 2. The zero-order valence-electron chi connectivity index (χ0n) is 20.2. The monoisotopic (exact) mass is 512 g/mol. The first-order chi connectivity index (χ1) is 17.9. The maximum absolute atomic E-state index is 14.1. The van der Waals surface area contributed by atoms with Crippen LogP contribution in [-0.2, 0) is 9.59 Å². The van der Waals surface area contributed by atoms with Gasteiger partial charge in [-0.05, 0) is 49.2 Å². The van der Waals surface area contributed by atoms with E-state index in [2.05, 4.69) is 0 Å². The van der Waals surface area contributed by atoms with Gasteiger partial charge in [-0.3, -0.25) is 24.0 Å². The van der Waals surface area contributed by atoms with Crippen molar-refractivity contribution < 1.29 is 44.4 Å². The molecule has 0 radical (unpaired) electrons. The summed E-state index contributed by atoms with van der Waals surface area (Å²) >= 11 is 0. The molecule has 2 saturated carbocycles. The Hall–Kier alpha value is -4.37. The molecular formula is C29H20O9. The smallest absolute Gasteiger partial charge is 0.194 e. The van der Waals surface area contributed by atoms with Crippen molar-refractivity contribution in [1.82, 2.24) is 0 Å². The van der Waals surface area contributed by atoms with Gasteiger partial charge in [0.25, 0.3) is 0 Å². The minimum atomic E-state index is -1.96. The minimum Gasteiger partial charge on any atom is -0.507 e. The van der Waals surface area contributed by atoms with E-state index in [1.807, 2.05) is 0 Å². The second-order valence-corrected chi connectivity index (χ2v) is 10.9. The molecule has 0 heterocycles. The first-order valence-electron chi connectivity index (χ1n) is 12.2. The van der Waals surface area contributed by atoms with Crippen LogP contribution in [-0.4, -0.2) is 55.4 Å². The first-order valence-corrected chi connectivity index (χ1v) is 12.2. The molecule has 0 saturated heterocycles. The van der Waals surface area contributed by atoms with Crippen molar-refractivity contribution in [2.75, 3.05) is 0 Å². The number of carbonyl (C=O) groups is 5. The number of benzene rings is 2. The van der Waals surface area contributed by atoms with Crippen LogP contribution in [0.2, 0.25) is 0 Å². The highest BCUT2D eigenvalue weighted by Crippen LogP contribution is 2.67. The molecule has 5 atom stereocenters. The van der Waals surface area contributed by atoms with Crippen LogP contribution in [0.4, 0.5) is 0 Å². The van der Waals surface area contributed by atoms with E-state index in [0.717, 1.165) is 0 Å². The Morgan fingerprint density at radius 2 is 1.34 bits per heavy atom. The third kappa shape index (κ3) is 2.26. The Morgan fingerprint density at radius 3 is 2.00 bits per heavy atom. The molecular weight excluding hydrogens is 492 g/mol. The number of fused-ring (bicyclic) bond motifs is 5. The Kier molecular flexibility index (Phi) is 4.04. The third-order valence-corrected chi connectivity index (χ3v) is 8.93. The van der Waals surface area contributed by atoms with Gasteiger partial charge in [-0.15, -0.1) is 0 Å². The van der Waals surface area contributed by atoms with Gasteiger partial charge in [-0.1, -0.05) is 0 Å². The van der Waals surface area contributed by atoms with E-state index in [1.54, 1.807) is 13.8 Å². The van der Waals surface area contributed by atoms with Crippen molar-refractivity contribution in [2.24, 2.45) is 23.2 Å². The summed E-state index contributed by atoms with van der Waals surface area (Å²) in [7, 11) is 0. The van der Waals surface area contributed by atoms with Gasteiger partial charge in [0.15, 0.2) is 23.1 Å². The quantitative estimate of drug-likeness (QED) is 0.414. The number of ketones is 5. The van der Waals surface area contributed by atoms with Crippen molar-refractivity contribution in [3.63, 3.8) is 0 Å². The summed E-state index contributed by atoms with van der Waals surface area (Å²) in [5, 5.41) is 44.0. The predicted octanol–water partition coefficient (Wildman–Crippen LogP) is 2.32. The second kappa shape index (κ2) is 6.73. The number of rotatable bonds is 0. The van der Waals surface area contributed by atoms with Crippen LogP contribution in [0.5, 0.6) is 11.5 Å². The lowest BCUT2D eigenvalue weighted by Gasteiger charge is -2.52. The number of Topliss-reactive ketones (excluding diaryl/α,β-unsaturated/α-hetero) is 5. The van der Waals surface area contributed by atoms with Crippen molar-refractivity contribution in [3.05, 3.63) is 74.4 Å². The molecule has 5 aliphatic rings. The summed E-state index contributed by atoms with van der Waals surface area (Å²) in [4.78, 5) is 69.5. The van der Waals surface area contributed by atoms with Gasteiger partial charge in [0.05, 0.1) is 40.1 Å². The SMILES string of the molecule is Cc1cc(O)c2c(c1)C(=O)C1=C(C2=O)[C@H]2C(=O)C3=C(O)c4c(O)cc(C)cc4C(=O)[C@@]34CC(=O)[C@@H]1[C@@H]4[C@H]2O. The van der Waals surface area contributed by atoms with E-state index in [1.165, 1.54) is 24.3 Å². The highest BCUT2D eigenvalue weighted by atomic mass is 16.3. The van der Waals surface area contributed by atoms with Gasteiger partial charge in [-0.2, -0.15) is 0 Å². The molecule has 5 aliphatic carbocycles. The summed E-state index contributed by atoms with van der Waals surface area (Å²) in [5.74, 6) is -9.77. The van der Waals surface area contributed by atoms with E-state index >= 15 is 0 Å². The van der Waals surface area contributed by atoms with Gasteiger partial charge in [0.1, 0.15) is 23.0 Å². The highest BCUT2D eigenvalue weighted by molar-refractivity contribution is 6.34. The molecule has 190 valence electrons. The van der Waals surface area contributed by atoms with Crippen LogP contribution in [0.25, 0.3) is 5.76 Å². The van der Waals surface area contributed by atoms with Crippen molar-refractivity contribution in [3.8, 4) is 11.5 Å². The molecule has 2 aromatic rings. The summed E-state index contributed by atoms with van der Waals surface area (Å²) in [6.07, 6.45) is -2.24. The Morgan fingerprint density at radius 1 is 0.763 bits per heavy atom. The third-order valence-electron chi connectivity index (χ3n) is 8.93. The number of allylic oxidation sites excluding steroid dienone is 2. The van der Waals surface area contributed by atoms with E-state index < -0.39 is 93.0 Å². The number of hydrogen-bond acceptors (Lipinski definition) is 9. The maximum Gasteiger partial charge on any atom is 0.194 e. The normalized spacial score (nSPS) is 30.9. The molecule has 9 heteroatoms. The Bertz CT molecular complexity index is 1720. The van der Waals surface area contributed by atoms with E-state index in [-0.39, 0.29) is 27.8 Å². The summed E-state index contributed by atoms with van der Waals surface area (Å²) in [5.41, 5.74) is -2.79. The van der Waals surface area contributed by atoms with Gasteiger partial charge < -0.3 is 20.4 Å². The van der Waals surface area contributed by atoms with Crippen LogP contribution >= 0.6 is 0 Å². The lowest BCUT2D eigenvalue weighted by Crippen LogP contribution is -2.61. The molecule has 38 heavy (non-hydrogen) atoms. The lowest BCUT2D eigenvalue weighted by molar-refractivity contribution is -0.131. The summed E-state index contributed by atoms with van der Waals surface area (Å²) < 4.78 is 0. The number of aryl methyl sites for hydroxylation is 2. The topological polar surface area (TPSA) is 166 Å². The number of aromatic hydroxyl groups is 2. The standard InChI is InChI=1S/C29H20O9/c1-8-3-10-15(12(30)5-8)24(34)19-18(23(10)33)17-14(32)7-29-21(17)26(36)20(19)27(37)22(29)25(35)16-11(28(29)38)4-9(2)6-13(16)31/h3-6,17,20-21,26,30-31,35-36H,7H2,1-2H3/t17-,20+,21+,26-,29+/m0/s1. The second-order valence-electron chi connectivity index (χ2n) is 10.9. The Labute approximate surface area is 214 Å². The number of phenolic OH excluding ortho intramolecular Hbond substituents is 2. The molecule has 4 N–H and O–H groups in total. The lowest BCUT2D eigenvalue weighted by atomic mass is 9.48. The zero-order valence-corrected chi connectivity index (χ0v) is 20.2. The average Bonchev–Trinajstić information content (AvgIpc) is 3.14. The molecule has 9 nitrogen and oxygen atoms in total. The molecule has 0 aromatic heterocycles. The molecule has 0 amide bonds. The highest BCUT2D eigenvalue weighted by Gasteiger charge is 2.74. The zero-order chi connectivity index (χ0) is 27.2. The van der Waals surface area contributed by atoms with Crippen LogP contribution in [0, 0.1) is 37.0 Å². The fourth-order valence-corrected chi connectivity index (χ4v) is 7.67.